The SMILES string of the molecule is OCC1CCCCC1CNC1CC(c2ccccc2)C1. The Hall–Kier alpha value is -0.860. The van der Waals surface area contributed by atoms with Crippen molar-refractivity contribution < 1.29 is 5.11 Å². The quantitative estimate of drug-likeness (QED) is 0.862. The molecule has 2 N–H and O–H groups in total. The molecule has 110 valence electrons. The van der Waals surface area contributed by atoms with Crippen LogP contribution < -0.4 is 5.32 Å². The van der Waals surface area contributed by atoms with Crippen molar-refractivity contribution in [2.24, 2.45) is 11.8 Å². The Morgan fingerprint density at radius 2 is 1.70 bits per heavy atom. The van der Waals surface area contributed by atoms with E-state index in [2.05, 4.69) is 35.6 Å². The molecule has 0 spiro atoms. The van der Waals surface area contributed by atoms with E-state index >= 15 is 0 Å². The Morgan fingerprint density at radius 3 is 2.40 bits per heavy atom. The van der Waals surface area contributed by atoms with Crippen LogP contribution in [-0.2, 0) is 0 Å². The fourth-order valence-corrected chi connectivity index (χ4v) is 3.89. The summed E-state index contributed by atoms with van der Waals surface area (Å²) in [5.41, 5.74) is 1.50. The molecule has 0 saturated heterocycles. The molecule has 2 atom stereocenters. The van der Waals surface area contributed by atoms with Gasteiger partial charge in [-0.1, -0.05) is 43.2 Å². The van der Waals surface area contributed by atoms with Crippen LogP contribution in [0.2, 0.25) is 0 Å². The molecule has 20 heavy (non-hydrogen) atoms. The van der Waals surface area contributed by atoms with Crippen LogP contribution in [0.4, 0.5) is 0 Å². The highest BCUT2D eigenvalue weighted by molar-refractivity contribution is 5.22. The minimum Gasteiger partial charge on any atom is -0.396 e. The van der Waals surface area contributed by atoms with Crippen LogP contribution in [0.5, 0.6) is 0 Å². The van der Waals surface area contributed by atoms with E-state index in [0.29, 0.717) is 24.5 Å². The summed E-state index contributed by atoms with van der Waals surface area (Å²) in [5, 5.41) is 13.2. The van der Waals surface area contributed by atoms with Crippen LogP contribution in [-0.4, -0.2) is 24.3 Å². The van der Waals surface area contributed by atoms with Gasteiger partial charge in [-0.2, -0.15) is 0 Å². The summed E-state index contributed by atoms with van der Waals surface area (Å²) in [6.07, 6.45) is 7.73. The molecule has 2 heteroatoms. The highest BCUT2D eigenvalue weighted by Gasteiger charge is 2.31. The lowest BCUT2D eigenvalue weighted by molar-refractivity contribution is 0.126. The topological polar surface area (TPSA) is 32.3 Å². The molecule has 3 rings (SSSR count). The average Bonchev–Trinajstić information content (AvgIpc) is 2.47. The molecule has 0 amide bonds. The first-order valence-electron chi connectivity index (χ1n) is 8.26. The predicted octanol–water partition coefficient (Wildman–Crippen LogP) is 3.32. The van der Waals surface area contributed by atoms with E-state index in [4.69, 9.17) is 0 Å². The summed E-state index contributed by atoms with van der Waals surface area (Å²) in [7, 11) is 0. The Kier molecular flexibility index (Phi) is 4.74. The Morgan fingerprint density at radius 1 is 1.00 bits per heavy atom. The highest BCUT2D eigenvalue weighted by atomic mass is 16.3. The molecule has 1 aromatic carbocycles. The summed E-state index contributed by atoms with van der Waals surface area (Å²) >= 11 is 0. The van der Waals surface area contributed by atoms with E-state index in [9.17, 15) is 5.11 Å². The molecule has 0 radical (unpaired) electrons. The molecule has 0 aromatic heterocycles. The van der Waals surface area contributed by atoms with Gasteiger partial charge in [0.2, 0.25) is 0 Å². The van der Waals surface area contributed by atoms with Crippen molar-refractivity contribution in [2.45, 2.75) is 50.5 Å². The molecule has 2 aliphatic carbocycles. The largest absolute Gasteiger partial charge is 0.396 e. The molecule has 2 saturated carbocycles. The van der Waals surface area contributed by atoms with Crippen molar-refractivity contribution in [1.29, 1.82) is 0 Å². The second-order valence-corrected chi connectivity index (χ2v) is 6.67. The van der Waals surface area contributed by atoms with Crippen LogP contribution in [0, 0.1) is 11.8 Å². The van der Waals surface area contributed by atoms with Crippen molar-refractivity contribution in [3.8, 4) is 0 Å². The van der Waals surface area contributed by atoms with Gasteiger partial charge in [-0.25, -0.2) is 0 Å². The summed E-state index contributed by atoms with van der Waals surface area (Å²) < 4.78 is 0. The van der Waals surface area contributed by atoms with Gasteiger partial charge in [0.1, 0.15) is 0 Å². The van der Waals surface area contributed by atoms with Gasteiger partial charge in [0.25, 0.3) is 0 Å². The molecule has 2 nitrogen and oxygen atoms in total. The number of hydrogen-bond donors (Lipinski definition) is 2. The smallest absolute Gasteiger partial charge is 0.0462 e. The van der Waals surface area contributed by atoms with Crippen LogP contribution in [0.3, 0.4) is 0 Å². The number of aliphatic hydroxyl groups is 1. The first kappa shape index (κ1) is 14.1. The van der Waals surface area contributed by atoms with Gasteiger partial charge < -0.3 is 10.4 Å². The van der Waals surface area contributed by atoms with Crippen LogP contribution >= 0.6 is 0 Å². The number of hydrogen-bond acceptors (Lipinski definition) is 2. The summed E-state index contributed by atoms with van der Waals surface area (Å²) in [5.74, 6) is 2.00. The number of aliphatic hydroxyl groups excluding tert-OH is 1. The van der Waals surface area contributed by atoms with Crippen LogP contribution in [0.25, 0.3) is 0 Å². The summed E-state index contributed by atoms with van der Waals surface area (Å²) in [6, 6.07) is 11.6. The highest BCUT2D eigenvalue weighted by Crippen LogP contribution is 2.37. The predicted molar refractivity (Wildman–Crippen MR) is 82.7 cm³/mol. The second-order valence-electron chi connectivity index (χ2n) is 6.67. The van der Waals surface area contributed by atoms with Crippen LogP contribution in [0.15, 0.2) is 30.3 Å². The molecule has 0 aliphatic heterocycles. The lowest BCUT2D eigenvalue weighted by Gasteiger charge is -2.39. The summed E-state index contributed by atoms with van der Waals surface area (Å²) in [4.78, 5) is 0. The van der Waals surface area contributed by atoms with Gasteiger partial charge >= 0.3 is 0 Å². The van der Waals surface area contributed by atoms with Crippen molar-refractivity contribution in [2.75, 3.05) is 13.2 Å². The van der Waals surface area contributed by atoms with Gasteiger partial charge in [-0.3, -0.25) is 0 Å². The maximum Gasteiger partial charge on any atom is 0.0462 e. The third kappa shape index (κ3) is 3.24. The molecule has 1 aromatic rings. The van der Waals surface area contributed by atoms with Crippen molar-refractivity contribution in [1.82, 2.24) is 5.32 Å². The zero-order valence-electron chi connectivity index (χ0n) is 12.3. The maximum atomic E-state index is 9.46. The molecule has 0 heterocycles. The van der Waals surface area contributed by atoms with Crippen molar-refractivity contribution in [3.05, 3.63) is 35.9 Å². The number of benzene rings is 1. The fourth-order valence-electron chi connectivity index (χ4n) is 3.89. The third-order valence-corrected chi connectivity index (χ3v) is 5.38. The first-order valence-corrected chi connectivity index (χ1v) is 8.26. The minimum absolute atomic E-state index is 0.379. The lowest BCUT2D eigenvalue weighted by Crippen LogP contribution is -2.44. The molecule has 2 unspecified atom stereocenters. The van der Waals surface area contributed by atoms with E-state index in [1.165, 1.54) is 44.1 Å². The number of nitrogens with one attached hydrogen (secondary N) is 1. The monoisotopic (exact) mass is 273 g/mol. The Bertz CT molecular complexity index is 399. The molecular weight excluding hydrogens is 246 g/mol. The van der Waals surface area contributed by atoms with Gasteiger partial charge in [-0.15, -0.1) is 0 Å². The molecular formula is C18H27NO. The average molecular weight is 273 g/mol. The third-order valence-electron chi connectivity index (χ3n) is 5.38. The van der Waals surface area contributed by atoms with E-state index in [-0.39, 0.29) is 0 Å². The minimum atomic E-state index is 0.379. The van der Waals surface area contributed by atoms with Gasteiger partial charge in [0.05, 0.1) is 0 Å². The second kappa shape index (κ2) is 6.73. The summed E-state index contributed by atoms with van der Waals surface area (Å²) in [6.45, 7) is 1.49. The van der Waals surface area contributed by atoms with Crippen molar-refractivity contribution in [3.63, 3.8) is 0 Å². The van der Waals surface area contributed by atoms with E-state index in [0.717, 1.165) is 12.5 Å². The lowest BCUT2D eigenvalue weighted by atomic mass is 9.75. The normalized spacial score (nSPS) is 33.6. The van der Waals surface area contributed by atoms with Gasteiger partial charge in [0.15, 0.2) is 0 Å². The van der Waals surface area contributed by atoms with E-state index < -0.39 is 0 Å². The van der Waals surface area contributed by atoms with Crippen molar-refractivity contribution >= 4 is 0 Å². The van der Waals surface area contributed by atoms with E-state index in [1.54, 1.807) is 0 Å². The molecule has 2 fully saturated rings. The number of rotatable bonds is 5. The van der Waals surface area contributed by atoms with E-state index in [1.807, 2.05) is 0 Å². The molecule has 0 bridgehead atoms. The zero-order valence-corrected chi connectivity index (χ0v) is 12.3. The maximum absolute atomic E-state index is 9.46. The Labute approximate surface area is 122 Å². The van der Waals surface area contributed by atoms with Gasteiger partial charge in [-0.05, 0) is 55.5 Å². The standard InChI is InChI=1S/C18H27NO/c20-13-16-9-5-4-8-15(16)12-19-18-10-17(11-18)14-6-2-1-3-7-14/h1-3,6-7,15-20H,4-5,8-13H2. The zero-order chi connectivity index (χ0) is 13.8. The molecule has 2 aliphatic rings. The Balaban J connectivity index is 1.41. The fraction of sp³-hybridized carbons (Fsp3) is 0.667. The van der Waals surface area contributed by atoms with Gasteiger partial charge in [0, 0.05) is 12.6 Å². The first-order chi connectivity index (χ1) is 9.86. The van der Waals surface area contributed by atoms with Crippen LogP contribution in [0.1, 0.15) is 50.0 Å².